The van der Waals surface area contributed by atoms with Crippen LogP contribution in [-0.4, -0.2) is 54.9 Å². The minimum Gasteiger partial charge on any atom is -0.454 e. The van der Waals surface area contributed by atoms with Crippen molar-refractivity contribution >= 4 is 17.7 Å². The number of hydrogen-bond donors (Lipinski definition) is 0. The van der Waals surface area contributed by atoms with E-state index < -0.39 is 0 Å². The second-order valence-electron chi connectivity index (χ2n) is 6.89. The Labute approximate surface area is 164 Å². The maximum Gasteiger partial charge on any atom is 0.253 e. The van der Waals surface area contributed by atoms with E-state index in [2.05, 4.69) is 35.4 Å². The smallest absolute Gasteiger partial charge is 0.253 e. The molecule has 1 fully saturated rings. The molecule has 0 aliphatic carbocycles. The number of carbonyl (C=O) groups excluding carboxylic acids is 1. The zero-order chi connectivity index (χ0) is 18.6. The van der Waals surface area contributed by atoms with E-state index >= 15 is 0 Å². The highest BCUT2D eigenvalue weighted by Crippen LogP contribution is 2.32. The lowest BCUT2D eigenvalue weighted by molar-refractivity contribution is 0.0628. The summed E-state index contributed by atoms with van der Waals surface area (Å²) in [5.41, 5.74) is 3.25. The molecule has 142 valence electrons. The molecule has 2 aromatic rings. The van der Waals surface area contributed by atoms with Crippen LogP contribution in [0.1, 0.15) is 21.5 Å². The molecule has 2 heterocycles. The maximum atomic E-state index is 12.7. The lowest BCUT2D eigenvalue weighted by Gasteiger charge is -2.34. The standard InChI is InChI=1S/C21H24N2O3S/c1-27-14-16-2-5-18(6-3-16)21(24)23-10-8-22(9-11-23)13-17-4-7-19-20(12-17)26-15-25-19/h2-7,12H,8-11,13-15H2,1H3. The molecule has 0 unspecified atom stereocenters. The van der Waals surface area contributed by atoms with Gasteiger partial charge in [-0.3, -0.25) is 9.69 Å². The number of piperazine rings is 1. The first-order valence-electron chi connectivity index (χ1n) is 9.21. The summed E-state index contributed by atoms with van der Waals surface area (Å²) >= 11 is 1.79. The van der Waals surface area contributed by atoms with Gasteiger partial charge in [-0.25, -0.2) is 0 Å². The topological polar surface area (TPSA) is 42.0 Å². The minimum atomic E-state index is 0.133. The molecule has 5 nitrogen and oxygen atoms in total. The summed E-state index contributed by atoms with van der Waals surface area (Å²) < 4.78 is 10.8. The average molecular weight is 385 g/mol. The van der Waals surface area contributed by atoms with Crippen LogP contribution in [0, 0.1) is 0 Å². The Morgan fingerprint density at radius 2 is 1.67 bits per heavy atom. The molecule has 1 saturated heterocycles. The van der Waals surface area contributed by atoms with E-state index in [1.807, 2.05) is 23.1 Å². The molecule has 0 saturated carbocycles. The van der Waals surface area contributed by atoms with E-state index in [4.69, 9.17) is 9.47 Å². The Morgan fingerprint density at radius 1 is 0.963 bits per heavy atom. The maximum absolute atomic E-state index is 12.7. The molecule has 4 rings (SSSR count). The van der Waals surface area contributed by atoms with Gasteiger partial charge in [0.2, 0.25) is 6.79 Å². The van der Waals surface area contributed by atoms with Crippen molar-refractivity contribution in [2.24, 2.45) is 0 Å². The van der Waals surface area contributed by atoms with Gasteiger partial charge in [0.15, 0.2) is 11.5 Å². The van der Waals surface area contributed by atoms with Crippen LogP contribution in [0.3, 0.4) is 0 Å². The predicted molar refractivity (Wildman–Crippen MR) is 107 cm³/mol. The first-order valence-corrected chi connectivity index (χ1v) is 10.6. The van der Waals surface area contributed by atoms with Gasteiger partial charge in [-0.05, 0) is 41.6 Å². The monoisotopic (exact) mass is 384 g/mol. The van der Waals surface area contributed by atoms with E-state index in [1.165, 1.54) is 11.1 Å². The summed E-state index contributed by atoms with van der Waals surface area (Å²) in [7, 11) is 0. The van der Waals surface area contributed by atoms with Crippen LogP contribution in [0.2, 0.25) is 0 Å². The van der Waals surface area contributed by atoms with Gasteiger partial charge in [0.25, 0.3) is 5.91 Å². The number of nitrogens with zero attached hydrogens (tertiary/aromatic N) is 2. The first kappa shape index (κ1) is 18.2. The Balaban J connectivity index is 1.31. The van der Waals surface area contributed by atoms with Gasteiger partial charge in [-0.1, -0.05) is 18.2 Å². The Hall–Kier alpha value is -2.18. The number of fused-ring (bicyclic) bond motifs is 1. The van der Waals surface area contributed by atoms with Gasteiger partial charge in [0, 0.05) is 44.0 Å². The molecule has 0 atom stereocenters. The first-order chi connectivity index (χ1) is 13.2. The van der Waals surface area contributed by atoms with Gasteiger partial charge >= 0.3 is 0 Å². The molecule has 1 amide bonds. The van der Waals surface area contributed by atoms with Gasteiger partial charge in [0.1, 0.15) is 0 Å². The molecule has 0 spiro atoms. The third-order valence-corrected chi connectivity index (χ3v) is 5.64. The van der Waals surface area contributed by atoms with Gasteiger partial charge in [0.05, 0.1) is 0 Å². The fraction of sp³-hybridized carbons (Fsp3) is 0.381. The van der Waals surface area contributed by atoms with E-state index in [0.29, 0.717) is 6.79 Å². The zero-order valence-electron chi connectivity index (χ0n) is 15.5. The van der Waals surface area contributed by atoms with Crippen LogP contribution in [-0.2, 0) is 12.3 Å². The summed E-state index contributed by atoms with van der Waals surface area (Å²) in [6, 6.07) is 14.1. The number of ether oxygens (including phenoxy) is 2. The van der Waals surface area contributed by atoms with Crippen molar-refractivity contribution in [3.05, 3.63) is 59.2 Å². The van der Waals surface area contributed by atoms with Gasteiger partial charge < -0.3 is 14.4 Å². The summed E-state index contributed by atoms with van der Waals surface area (Å²) in [4.78, 5) is 17.1. The molecule has 6 heteroatoms. The third-order valence-electron chi connectivity index (χ3n) is 5.01. The fourth-order valence-corrected chi connectivity index (χ4v) is 4.03. The summed E-state index contributed by atoms with van der Waals surface area (Å²) in [6.45, 7) is 4.45. The van der Waals surface area contributed by atoms with Crippen molar-refractivity contribution in [3.8, 4) is 11.5 Å². The molecule has 27 heavy (non-hydrogen) atoms. The lowest BCUT2D eigenvalue weighted by Crippen LogP contribution is -2.48. The Morgan fingerprint density at radius 3 is 2.41 bits per heavy atom. The molecule has 2 aliphatic heterocycles. The number of carbonyl (C=O) groups is 1. The molecule has 0 N–H and O–H groups in total. The number of hydrogen-bond acceptors (Lipinski definition) is 5. The lowest BCUT2D eigenvalue weighted by atomic mass is 10.1. The van der Waals surface area contributed by atoms with Crippen molar-refractivity contribution in [2.45, 2.75) is 12.3 Å². The van der Waals surface area contributed by atoms with Gasteiger partial charge in [-0.15, -0.1) is 0 Å². The number of thioether (sulfide) groups is 1. The predicted octanol–water partition coefficient (Wildman–Crippen LogP) is 3.24. The van der Waals surface area contributed by atoms with Crippen molar-refractivity contribution in [2.75, 3.05) is 39.2 Å². The quantitative estimate of drug-likeness (QED) is 0.792. The van der Waals surface area contributed by atoms with E-state index in [1.54, 1.807) is 11.8 Å². The van der Waals surface area contributed by atoms with Crippen LogP contribution < -0.4 is 9.47 Å². The molecular weight excluding hydrogens is 360 g/mol. The molecule has 2 aliphatic rings. The van der Waals surface area contributed by atoms with Crippen LogP contribution in [0.15, 0.2) is 42.5 Å². The summed E-state index contributed by atoms with van der Waals surface area (Å²) in [5.74, 6) is 2.75. The molecule has 0 aromatic heterocycles. The molecule has 2 aromatic carbocycles. The number of amides is 1. The highest BCUT2D eigenvalue weighted by molar-refractivity contribution is 7.97. The molecule has 0 radical (unpaired) electrons. The van der Waals surface area contributed by atoms with Crippen LogP contribution >= 0.6 is 11.8 Å². The SMILES string of the molecule is CSCc1ccc(C(=O)N2CCN(Cc3ccc4c(c3)OCO4)CC2)cc1. The second-order valence-corrected chi connectivity index (χ2v) is 7.75. The summed E-state index contributed by atoms with van der Waals surface area (Å²) in [6.07, 6.45) is 2.09. The van der Waals surface area contributed by atoms with Crippen LogP contribution in [0.25, 0.3) is 0 Å². The van der Waals surface area contributed by atoms with Crippen molar-refractivity contribution < 1.29 is 14.3 Å². The number of rotatable bonds is 5. The van der Waals surface area contributed by atoms with E-state index in [0.717, 1.165) is 55.5 Å². The zero-order valence-corrected chi connectivity index (χ0v) is 16.3. The van der Waals surface area contributed by atoms with Gasteiger partial charge in [-0.2, -0.15) is 11.8 Å². The molecular formula is C21H24N2O3S. The van der Waals surface area contributed by atoms with Crippen molar-refractivity contribution in [1.82, 2.24) is 9.80 Å². The van der Waals surface area contributed by atoms with Crippen LogP contribution in [0.4, 0.5) is 0 Å². The third kappa shape index (κ3) is 4.22. The highest BCUT2D eigenvalue weighted by atomic mass is 32.2. The highest BCUT2D eigenvalue weighted by Gasteiger charge is 2.23. The fourth-order valence-electron chi connectivity index (χ4n) is 3.50. The average Bonchev–Trinajstić information content (AvgIpc) is 3.17. The second kappa shape index (κ2) is 8.23. The Bertz CT molecular complexity index is 802. The Kier molecular flexibility index (Phi) is 5.55. The summed E-state index contributed by atoms with van der Waals surface area (Å²) in [5, 5.41) is 0. The normalized spacial score (nSPS) is 16.6. The minimum absolute atomic E-state index is 0.133. The largest absolute Gasteiger partial charge is 0.454 e. The van der Waals surface area contributed by atoms with E-state index in [-0.39, 0.29) is 5.91 Å². The van der Waals surface area contributed by atoms with Crippen LogP contribution in [0.5, 0.6) is 11.5 Å². The number of benzene rings is 2. The van der Waals surface area contributed by atoms with Crippen molar-refractivity contribution in [1.29, 1.82) is 0 Å². The van der Waals surface area contributed by atoms with E-state index in [9.17, 15) is 4.79 Å². The van der Waals surface area contributed by atoms with Crippen molar-refractivity contribution in [3.63, 3.8) is 0 Å². The molecule has 0 bridgehead atoms.